The van der Waals surface area contributed by atoms with Crippen LogP contribution in [-0.2, 0) is 6.61 Å². The van der Waals surface area contributed by atoms with Gasteiger partial charge in [0.2, 0.25) is 0 Å². The summed E-state index contributed by atoms with van der Waals surface area (Å²) in [5.74, 6) is 0.493. The quantitative estimate of drug-likeness (QED) is 0.779. The van der Waals surface area contributed by atoms with E-state index in [2.05, 4.69) is 0 Å². The maximum absolute atomic E-state index is 8.69. The van der Waals surface area contributed by atoms with E-state index in [0.29, 0.717) is 17.9 Å². The molecule has 78 valence electrons. The van der Waals surface area contributed by atoms with E-state index in [0.717, 1.165) is 5.56 Å². The third-order valence-corrected chi connectivity index (χ3v) is 2.15. The van der Waals surface area contributed by atoms with Gasteiger partial charge in [-0.15, -0.1) is 0 Å². The smallest absolute Gasteiger partial charge is 0.119 e. The van der Waals surface area contributed by atoms with Crippen molar-refractivity contribution in [1.82, 2.24) is 0 Å². The van der Waals surface area contributed by atoms with Crippen LogP contribution in [0.1, 0.15) is 12.5 Å². The van der Waals surface area contributed by atoms with Gasteiger partial charge in [-0.25, -0.2) is 0 Å². The molecule has 0 aliphatic heterocycles. The molecule has 0 bridgehead atoms. The highest BCUT2D eigenvalue weighted by Crippen LogP contribution is 2.13. The van der Waals surface area contributed by atoms with Crippen LogP contribution < -0.4 is 4.74 Å². The van der Waals surface area contributed by atoms with Crippen molar-refractivity contribution in [2.75, 3.05) is 0 Å². The summed E-state index contributed by atoms with van der Waals surface area (Å²) in [5.41, 5.74) is 1.53. The molecule has 0 heterocycles. The van der Waals surface area contributed by atoms with E-state index in [1.807, 2.05) is 36.4 Å². The Bertz CT molecular complexity index is 546. The number of rotatable bonds is 3. The first-order chi connectivity index (χ1) is 8.29. The van der Waals surface area contributed by atoms with Crippen molar-refractivity contribution in [3.05, 3.63) is 65.7 Å². The molecule has 2 nitrogen and oxygen atoms in total. The van der Waals surface area contributed by atoms with E-state index in [1.54, 1.807) is 12.1 Å². The topological polar surface area (TPSA) is 33.0 Å². The molecule has 0 aliphatic rings. The standard InChI is InChI=1S/C14H11NO/c15-10-12-6-8-14(9-7-12)16-11-13-4-2-1-3-5-13/h1-9H,11H2/i8D. The van der Waals surface area contributed by atoms with Gasteiger partial charge in [0.05, 0.1) is 13.0 Å². The number of nitriles is 1. The summed E-state index contributed by atoms with van der Waals surface area (Å²) in [5, 5.41) is 8.69. The summed E-state index contributed by atoms with van der Waals surface area (Å²) in [6, 6.07) is 16.8. The van der Waals surface area contributed by atoms with E-state index in [1.165, 1.54) is 6.07 Å². The largest absolute Gasteiger partial charge is 0.489 e. The van der Waals surface area contributed by atoms with Crippen LogP contribution in [0.25, 0.3) is 0 Å². The van der Waals surface area contributed by atoms with Gasteiger partial charge in [0.15, 0.2) is 0 Å². The highest BCUT2D eigenvalue weighted by molar-refractivity contribution is 5.34. The van der Waals surface area contributed by atoms with Gasteiger partial charge in [-0.1, -0.05) is 30.3 Å². The SMILES string of the molecule is [2H]c1cc(C#N)ccc1OCc1ccccc1. The Kier molecular flexibility index (Phi) is 2.81. The van der Waals surface area contributed by atoms with Gasteiger partial charge in [-0.05, 0) is 29.8 Å². The fraction of sp³-hybridized carbons (Fsp3) is 0.0714. The molecule has 0 aliphatic carbocycles. The molecule has 0 radical (unpaired) electrons. The summed E-state index contributed by atoms with van der Waals surface area (Å²) in [4.78, 5) is 0. The minimum Gasteiger partial charge on any atom is -0.489 e. The lowest BCUT2D eigenvalue weighted by atomic mass is 10.2. The molecule has 0 saturated carbocycles. The molecule has 2 aromatic carbocycles. The monoisotopic (exact) mass is 210 g/mol. The number of ether oxygens (including phenoxy) is 1. The lowest BCUT2D eigenvalue weighted by Crippen LogP contribution is -1.94. The van der Waals surface area contributed by atoms with Crippen LogP contribution in [0.4, 0.5) is 0 Å². The van der Waals surface area contributed by atoms with Crippen LogP contribution in [0, 0.1) is 11.3 Å². The van der Waals surface area contributed by atoms with Crippen LogP contribution in [-0.4, -0.2) is 0 Å². The van der Waals surface area contributed by atoms with Gasteiger partial charge in [0.25, 0.3) is 0 Å². The minimum absolute atomic E-state index is 0.236. The summed E-state index contributed by atoms with van der Waals surface area (Å²) >= 11 is 0. The molecule has 2 rings (SSSR count). The molecule has 0 spiro atoms. The maximum Gasteiger partial charge on any atom is 0.119 e. The van der Waals surface area contributed by atoms with Crippen LogP contribution in [0.2, 0.25) is 0 Å². The second-order valence-electron chi connectivity index (χ2n) is 3.33. The van der Waals surface area contributed by atoms with Crippen molar-refractivity contribution < 1.29 is 6.11 Å². The highest BCUT2D eigenvalue weighted by atomic mass is 16.5. The molecule has 2 heteroatoms. The minimum atomic E-state index is 0.236. The fourth-order valence-electron chi connectivity index (χ4n) is 1.31. The Hall–Kier alpha value is -2.27. The van der Waals surface area contributed by atoms with Crippen LogP contribution >= 0.6 is 0 Å². The van der Waals surface area contributed by atoms with Gasteiger partial charge < -0.3 is 4.74 Å². The van der Waals surface area contributed by atoms with E-state index in [4.69, 9.17) is 11.4 Å². The Balaban J connectivity index is 2.08. The molecule has 0 unspecified atom stereocenters. The van der Waals surface area contributed by atoms with Crippen molar-refractivity contribution in [3.8, 4) is 11.8 Å². The third-order valence-electron chi connectivity index (χ3n) is 2.15. The molecule has 0 amide bonds. The van der Waals surface area contributed by atoms with Gasteiger partial charge in [0.1, 0.15) is 12.4 Å². The first-order valence-corrected chi connectivity index (χ1v) is 4.97. The highest BCUT2D eigenvalue weighted by Gasteiger charge is 1.95. The predicted molar refractivity (Wildman–Crippen MR) is 61.9 cm³/mol. The predicted octanol–water partition coefficient (Wildman–Crippen LogP) is 3.14. The zero-order valence-corrected chi connectivity index (χ0v) is 8.68. The summed E-state index contributed by atoms with van der Waals surface area (Å²) in [6.07, 6.45) is 0. The summed E-state index contributed by atoms with van der Waals surface area (Å²) < 4.78 is 13.2. The molecule has 16 heavy (non-hydrogen) atoms. The molecule has 0 fully saturated rings. The van der Waals surface area contributed by atoms with Gasteiger partial charge in [-0.2, -0.15) is 5.26 Å². The van der Waals surface area contributed by atoms with Gasteiger partial charge in [0, 0.05) is 0 Å². The molecule has 0 N–H and O–H groups in total. The Morgan fingerprint density at radius 2 is 1.94 bits per heavy atom. The molecule has 2 aromatic rings. The molecule has 0 aromatic heterocycles. The lowest BCUT2D eigenvalue weighted by molar-refractivity contribution is 0.306. The number of nitrogens with zero attached hydrogens (tertiary/aromatic N) is 1. The van der Waals surface area contributed by atoms with Gasteiger partial charge >= 0.3 is 0 Å². The van der Waals surface area contributed by atoms with E-state index < -0.39 is 0 Å². The third kappa shape index (κ3) is 2.61. The van der Waals surface area contributed by atoms with Crippen molar-refractivity contribution in [2.24, 2.45) is 0 Å². The number of benzene rings is 2. The Morgan fingerprint density at radius 1 is 1.12 bits per heavy atom. The first kappa shape index (κ1) is 8.99. The average Bonchev–Trinajstić information content (AvgIpc) is 2.38. The average molecular weight is 210 g/mol. The zero-order chi connectivity index (χ0) is 12.1. The van der Waals surface area contributed by atoms with Crippen LogP contribution in [0.3, 0.4) is 0 Å². The van der Waals surface area contributed by atoms with E-state index >= 15 is 0 Å². The van der Waals surface area contributed by atoms with Crippen molar-refractivity contribution in [2.45, 2.75) is 6.61 Å². The molecular weight excluding hydrogens is 198 g/mol. The Labute approximate surface area is 96.1 Å². The van der Waals surface area contributed by atoms with E-state index in [-0.39, 0.29) is 6.04 Å². The Morgan fingerprint density at radius 3 is 2.62 bits per heavy atom. The summed E-state index contributed by atoms with van der Waals surface area (Å²) in [7, 11) is 0. The van der Waals surface area contributed by atoms with Gasteiger partial charge in [-0.3, -0.25) is 0 Å². The van der Waals surface area contributed by atoms with Crippen LogP contribution in [0.15, 0.2) is 54.6 Å². The first-order valence-electron chi connectivity index (χ1n) is 5.47. The van der Waals surface area contributed by atoms with E-state index in [9.17, 15) is 0 Å². The fourth-order valence-corrected chi connectivity index (χ4v) is 1.31. The van der Waals surface area contributed by atoms with Crippen molar-refractivity contribution >= 4 is 0 Å². The maximum atomic E-state index is 8.69. The second-order valence-corrected chi connectivity index (χ2v) is 3.33. The van der Waals surface area contributed by atoms with Crippen LogP contribution in [0.5, 0.6) is 5.75 Å². The molecule has 0 atom stereocenters. The second kappa shape index (κ2) is 4.99. The summed E-state index contributed by atoms with van der Waals surface area (Å²) in [6.45, 7) is 0.429. The lowest BCUT2D eigenvalue weighted by Gasteiger charge is -2.05. The molecular formula is C14H11NO. The zero-order valence-electron chi connectivity index (χ0n) is 9.68. The van der Waals surface area contributed by atoms with Crippen molar-refractivity contribution in [3.63, 3.8) is 0 Å². The number of hydrogen-bond acceptors (Lipinski definition) is 2. The normalized spacial score (nSPS) is 10.3. The van der Waals surface area contributed by atoms with Crippen molar-refractivity contribution in [1.29, 1.82) is 5.26 Å². The number of hydrogen-bond donors (Lipinski definition) is 0. The molecule has 0 saturated heterocycles.